The first-order valence-corrected chi connectivity index (χ1v) is 5.88. The van der Waals surface area contributed by atoms with Crippen LogP contribution in [0.15, 0.2) is 42.5 Å². The van der Waals surface area contributed by atoms with Crippen LogP contribution in [0.1, 0.15) is 21.5 Å². The first-order chi connectivity index (χ1) is 9.06. The second-order valence-electron chi connectivity index (χ2n) is 4.34. The Balaban J connectivity index is 2.12. The van der Waals surface area contributed by atoms with E-state index >= 15 is 0 Å². The number of benzene rings is 2. The normalized spacial score (nSPS) is 10.2. The van der Waals surface area contributed by atoms with Gasteiger partial charge in [-0.1, -0.05) is 18.2 Å². The average Bonchev–Trinajstić information content (AvgIpc) is 2.40. The Morgan fingerprint density at radius 3 is 2.79 bits per heavy atom. The van der Waals surface area contributed by atoms with Crippen LogP contribution in [-0.4, -0.2) is 11.1 Å². The van der Waals surface area contributed by atoms with E-state index in [0.717, 1.165) is 11.1 Å². The first-order valence-electron chi connectivity index (χ1n) is 5.88. The van der Waals surface area contributed by atoms with Crippen molar-refractivity contribution in [1.82, 2.24) is 0 Å². The van der Waals surface area contributed by atoms with Gasteiger partial charge in [0, 0.05) is 6.54 Å². The summed E-state index contributed by atoms with van der Waals surface area (Å²) in [7, 11) is 0. The van der Waals surface area contributed by atoms with E-state index in [1.165, 1.54) is 12.1 Å². The summed E-state index contributed by atoms with van der Waals surface area (Å²) in [4.78, 5) is 10.8. The summed E-state index contributed by atoms with van der Waals surface area (Å²) in [6.07, 6.45) is 0. The van der Waals surface area contributed by atoms with E-state index in [-0.39, 0.29) is 11.4 Å². The van der Waals surface area contributed by atoms with Crippen LogP contribution < -0.4 is 5.32 Å². The fraction of sp³-hybridized carbons (Fsp3) is 0.133. The van der Waals surface area contributed by atoms with Crippen LogP contribution in [0.4, 0.5) is 10.1 Å². The van der Waals surface area contributed by atoms with E-state index in [9.17, 15) is 9.18 Å². The molecule has 0 bridgehead atoms. The summed E-state index contributed by atoms with van der Waals surface area (Å²) in [5, 5.41) is 11.9. The van der Waals surface area contributed by atoms with E-state index < -0.39 is 5.97 Å². The van der Waals surface area contributed by atoms with Gasteiger partial charge >= 0.3 is 5.97 Å². The molecular weight excluding hydrogens is 245 g/mol. The summed E-state index contributed by atoms with van der Waals surface area (Å²) in [6.45, 7) is 2.26. The van der Waals surface area contributed by atoms with Crippen molar-refractivity contribution >= 4 is 11.7 Å². The fourth-order valence-corrected chi connectivity index (χ4v) is 1.79. The Kier molecular flexibility index (Phi) is 3.80. The van der Waals surface area contributed by atoms with Crippen LogP contribution in [0.3, 0.4) is 0 Å². The number of halogens is 1. The third-order valence-electron chi connectivity index (χ3n) is 2.78. The van der Waals surface area contributed by atoms with Crippen LogP contribution in [-0.2, 0) is 6.54 Å². The van der Waals surface area contributed by atoms with Crippen LogP contribution >= 0.6 is 0 Å². The van der Waals surface area contributed by atoms with Gasteiger partial charge in [0.2, 0.25) is 0 Å². The Bertz CT molecular complexity index is 611. The molecule has 0 aliphatic rings. The van der Waals surface area contributed by atoms with Crippen molar-refractivity contribution < 1.29 is 14.3 Å². The predicted octanol–water partition coefficient (Wildman–Crippen LogP) is 3.44. The fourth-order valence-electron chi connectivity index (χ4n) is 1.79. The molecule has 0 aromatic heterocycles. The van der Waals surface area contributed by atoms with E-state index in [1.807, 2.05) is 6.92 Å². The summed E-state index contributed by atoms with van der Waals surface area (Å²) in [5.41, 5.74) is 2.40. The lowest BCUT2D eigenvalue weighted by Gasteiger charge is -2.09. The molecule has 0 saturated heterocycles. The zero-order valence-corrected chi connectivity index (χ0v) is 10.5. The van der Waals surface area contributed by atoms with Gasteiger partial charge < -0.3 is 10.4 Å². The van der Waals surface area contributed by atoms with Gasteiger partial charge in [0.1, 0.15) is 5.82 Å². The number of aromatic carboxylic acids is 1. The molecule has 0 amide bonds. The van der Waals surface area contributed by atoms with Crippen molar-refractivity contribution in [2.75, 3.05) is 5.32 Å². The molecule has 19 heavy (non-hydrogen) atoms. The number of carbonyl (C=O) groups is 1. The summed E-state index contributed by atoms with van der Waals surface area (Å²) < 4.78 is 13.5. The van der Waals surface area contributed by atoms with E-state index in [1.54, 1.807) is 30.3 Å². The lowest BCUT2D eigenvalue weighted by atomic mass is 10.1. The van der Waals surface area contributed by atoms with Gasteiger partial charge in [0.15, 0.2) is 0 Å². The molecule has 0 heterocycles. The van der Waals surface area contributed by atoms with Crippen molar-refractivity contribution in [2.24, 2.45) is 0 Å². The maximum absolute atomic E-state index is 13.5. The van der Waals surface area contributed by atoms with Gasteiger partial charge in [0.05, 0.1) is 11.3 Å². The van der Waals surface area contributed by atoms with Gasteiger partial charge in [-0.3, -0.25) is 0 Å². The molecule has 4 heteroatoms. The second kappa shape index (κ2) is 5.52. The highest BCUT2D eigenvalue weighted by Gasteiger charge is 2.05. The topological polar surface area (TPSA) is 49.3 Å². The van der Waals surface area contributed by atoms with Crippen molar-refractivity contribution in [2.45, 2.75) is 13.5 Å². The molecule has 0 radical (unpaired) electrons. The maximum atomic E-state index is 13.5. The molecule has 3 nitrogen and oxygen atoms in total. The largest absolute Gasteiger partial charge is 0.478 e. The summed E-state index contributed by atoms with van der Waals surface area (Å²) in [5.74, 6) is -1.29. The molecule has 0 atom stereocenters. The minimum absolute atomic E-state index is 0.226. The van der Waals surface area contributed by atoms with Crippen LogP contribution in [0.25, 0.3) is 0 Å². The van der Waals surface area contributed by atoms with Gasteiger partial charge in [0.25, 0.3) is 0 Å². The highest BCUT2D eigenvalue weighted by atomic mass is 19.1. The molecule has 2 aromatic rings. The van der Waals surface area contributed by atoms with Crippen LogP contribution in [0.5, 0.6) is 0 Å². The third-order valence-corrected chi connectivity index (χ3v) is 2.78. The van der Waals surface area contributed by atoms with Gasteiger partial charge in [-0.25, -0.2) is 9.18 Å². The Hall–Kier alpha value is -2.36. The van der Waals surface area contributed by atoms with Gasteiger partial charge in [-0.2, -0.15) is 0 Å². The summed E-state index contributed by atoms with van der Waals surface area (Å²) in [6, 6.07) is 11.4. The molecule has 0 spiro atoms. The zero-order valence-electron chi connectivity index (χ0n) is 10.5. The standard InChI is InChI=1S/C15H14FNO2/c1-10-5-6-13(16)14(7-10)17-9-11-3-2-4-12(8-11)15(18)19/h2-8,17H,9H2,1H3,(H,18,19). The highest BCUT2D eigenvalue weighted by Crippen LogP contribution is 2.17. The van der Waals surface area contributed by atoms with Gasteiger partial charge in [-0.15, -0.1) is 0 Å². The first kappa shape index (κ1) is 13.1. The predicted molar refractivity (Wildman–Crippen MR) is 71.9 cm³/mol. The number of hydrogen-bond donors (Lipinski definition) is 2. The lowest BCUT2D eigenvalue weighted by Crippen LogP contribution is -2.03. The molecule has 0 aliphatic carbocycles. The molecular formula is C15H14FNO2. The molecule has 2 aromatic carbocycles. The summed E-state index contributed by atoms with van der Waals surface area (Å²) >= 11 is 0. The number of nitrogens with one attached hydrogen (secondary N) is 1. The molecule has 0 unspecified atom stereocenters. The second-order valence-corrected chi connectivity index (χ2v) is 4.34. The van der Waals surface area contributed by atoms with Crippen LogP contribution in [0, 0.1) is 12.7 Å². The third kappa shape index (κ3) is 3.31. The van der Waals surface area contributed by atoms with E-state index in [0.29, 0.717) is 12.2 Å². The molecule has 98 valence electrons. The monoisotopic (exact) mass is 259 g/mol. The Morgan fingerprint density at radius 2 is 2.05 bits per heavy atom. The van der Waals surface area contributed by atoms with E-state index in [2.05, 4.69) is 5.32 Å². The van der Waals surface area contributed by atoms with Crippen LogP contribution in [0.2, 0.25) is 0 Å². The highest BCUT2D eigenvalue weighted by molar-refractivity contribution is 5.87. The minimum atomic E-state index is -0.969. The zero-order chi connectivity index (χ0) is 13.8. The quantitative estimate of drug-likeness (QED) is 0.884. The number of carboxylic acids is 1. The molecule has 0 fully saturated rings. The van der Waals surface area contributed by atoms with Crippen molar-refractivity contribution in [3.8, 4) is 0 Å². The van der Waals surface area contributed by atoms with Gasteiger partial charge in [-0.05, 0) is 42.3 Å². The minimum Gasteiger partial charge on any atom is -0.478 e. The lowest BCUT2D eigenvalue weighted by molar-refractivity contribution is 0.0697. The molecule has 2 rings (SSSR count). The molecule has 2 N–H and O–H groups in total. The Labute approximate surface area is 110 Å². The Morgan fingerprint density at radius 1 is 1.26 bits per heavy atom. The number of anilines is 1. The number of carboxylic acid groups (broad SMARTS) is 1. The van der Waals surface area contributed by atoms with Crippen molar-refractivity contribution in [1.29, 1.82) is 0 Å². The number of hydrogen-bond acceptors (Lipinski definition) is 2. The molecule has 0 aliphatic heterocycles. The SMILES string of the molecule is Cc1ccc(F)c(NCc2cccc(C(=O)O)c2)c1. The molecule has 0 saturated carbocycles. The van der Waals surface area contributed by atoms with Crippen molar-refractivity contribution in [3.63, 3.8) is 0 Å². The average molecular weight is 259 g/mol. The number of rotatable bonds is 4. The smallest absolute Gasteiger partial charge is 0.335 e. The van der Waals surface area contributed by atoms with E-state index in [4.69, 9.17) is 5.11 Å². The maximum Gasteiger partial charge on any atom is 0.335 e. The number of aryl methyl sites for hydroxylation is 1. The van der Waals surface area contributed by atoms with Crippen molar-refractivity contribution in [3.05, 3.63) is 65.0 Å².